The highest BCUT2D eigenvalue weighted by Gasteiger charge is 2.22. The molecule has 3 rings (SSSR count). The third kappa shape index (κ3) is 1.93. The Bertz CT molecular complexity index is 799. The second kappa shape index (κ2) is 4.63. The van der Waals surface area contributed by atoms with Crippen molar-refractivity contribution in [3.8, 4) is 0 Å². The van der Waals surface area contributed by atoms with Gasteiger partial charge < -0.3 is 14.7 Å². The Balaban J connectivity index is 2.32. The zero-order valence-corrected chi connectivity index (χ0v) is 10.8. The van der Waals surface area contributed by atoms with Crippen molar-refractivity contribution in [2.45, 2.75) is 25.8 Å². The Hall–Kier alpha value is -2.37. The van der Waals surface area contributed by atoms with E-state index in [0.29, 0.717) is 23.5 Å². The maximum atomic E-state index is 12.1. The standard InChI is InChI=1S/C14H14N2O4/c17-12-13(18)16(7-8-3-1-4-8)11-9(14(19)20)5-2-6-10(11)15-12/h2,5-6,8H,1,3-4,7H2,(H,15,17)(H,19,20). The number of hydrogen-bond acceptors (Lipinski definition) is 3. The summed E-state index contributed by atoms with van der Waals surface area (Å²) in [7, 11) is 0. The molecule has 1 aromatic carbocycles. The predicted molar refractivity (Wildman–Crippen MR) is 73.1 cm³/mol. The third-order valence-corrected chi connectivity index (χ3v) is 3.89. The summed E-state index contributed by atoms with van der Waals surface area (Å²) in [6, 6.07) is 4.61. The number of hydrogen-bond donors (Lipinski definition) is 2. The van der Waals surface area contributed by atoms with Crippen LogP contribution in [0.2, 0.25) is 0 Å². The van der Waals surface area contributed by atoms with E-state index >= 15 is 0 Å². The molecule has 0 spiro atoms. The highest BCUT2D eigenvalue weighted by Crippen LogP contribution is 2.28. The monoisotopic (exact) mass is 274 g/mol. The van der Waals surface area contributed by atoms with Crippen LogP contribution in [0.4, 0.5) is 0 Å². The molecule has 1 fully saturated rings. The van der Waals surface area contributed by atoms with Gasteiger partial charge in [-0.15, -0.1) is 0 Å². The number of para-hydroxylation sites is 1. The Labute approximate surface area is 113 Å². The summed E-state index contributed by atoms with van der Waals surface area (Å²) >= 11 is 0. The molecular weight excluding hydrogens is 260 g/mol. The van der Waals surface area contributed by atoms with Gasteiger partial charge in [0.05, 0.1) is 16.6 Å². The zero-order valence-electron chi connectivity index (χ0n) is 10.8. The number of nitrogens with one attached hydrogen (secondary N) is 1. The molecule has 20 heavy (non-hydrogen) atoms. The minimum Gasteiger partial charge on any atom is -0.478 e. The van der Waals surface area contributed by atoms with Crippen LogP contribution >= 0.6 is 0 Å². The summed E-state index contributed by atoms with van der Waals surface area (Å²) in [4.78, 5) is 37.5. The lowest BCUT2D eigenvalue weighted by Crippen LogP contribution is -2.39. The minimum atomic E-state index is -1.11. The van der Waals surface area contributed by atoms with Gasteiger partial charge >= 0.3 is 17.1 Å². The molecule has 0 aliphatic heterocycles. The predicted octanol–water partition coefficient (Wildman–Crippen LogP) is 1.19. The van der Waals surface area contributed by atoms with Crippen molar-refractivity contribution in [1.82, 2.24) is 9.55 Å². The van der Waals surface area contributed by atoms with Crippen molar-refractivity contribution >= 4 is 17.0 Å². The normalized spacial score (nSPS) is 15.2. The Kier molecular flexibility index (Phi) is 2.93. The van der Waals surface area contributed by atoms with E-state index in [1.807, 2.05) is 0 Å². The van der Waals surface area contributed by atoms with Crippen LogP contribution in [0.15, 0.2) is 27.8 Å². The van der Waals surface area contributed by atoms with Crippen LogP contribution < -0.4 is 11.1 Å². The fraction of sp³-hybridized carbons (Fsp3) is 0.357. The Morgan fingerprint density at radius 2 is 2.10 bits per heavy atom. The third-order valence-electron chi connectivity index (χ3n) is 3.89. The summed E-state index contributed by atoms with van der Waals surface area (Å²) in [5.74, 6) is -0.760. The van der Waals surface area contributed by atoms with Crippen molar-refractivity contribution in [1.29, 1.82) is 0 Å². The molecule has 0 unspecified atom stereocenters. The first kappa shape index (κ1) is 12.7. The Morgan fingerprint density at radius 1 is 1.35 bits per heavy atom. The quantitative estimate of drug-likeness (QED) is 0.822. The topological polar surface area (TPSA) is 92.2 Å². The number of aromatic carboxylic acids is 1. The highest BCUT2D eigenvalue weighted by atomic mass is 16.4. The molecule has 0 bridgehead atoms. The molecule has 6 heteroatoms. The number of carboxylic acid groups (broad SMARTS) is 1. The van der Waals surface area contributed by atoms with Crippen LogP contribution in [-0.2, 0) is 6.54 Å². The van der Waals surface area contributed by atoms with Gasteiger partial charge in [0.25, 0.3) is 0 Å². The molecule has 2 aromatic rings. The van der Waals surface area contributed by atoms with Gasteiger partial charge in [0.2, 0.25) is 0 Å². The van der Waals surface area contributed by atoms with Gasteiger partial charge in [-0.05, 0) is 30.9 Å². The molecular formula is C14H14N2O4. The number of H-pyrrole nitrogens is 1. The number of fused-ring (bicyclic) bond motifs is 1. The lowest BCUT2D eigenvalue weighted by molar-refractivity contribution is 0.0698. The number of aromatic amines is 1. The van der Waals surface area contributed by atoms with E-state index in [1.165, 1.54) is 10.6 Å². The number of benzene rings is 1. The SMILES string of the molecule is O=C(O)c1cccc2[nH]c(=O)c(=O)n(CC3CCC3)c12. The molecule has 0 amide bonds. The van der Waals surface area contributed by atoms with Gasteiger partial charge in [-0.3, -0.25) is 9.59 Å². The number of nitrogens with zero attached hydrogens (tertiary/aromatic N) is 1. The number of carboxylic acids is 1. The summed E-state index contributed by atoms with van der Waals surface area (Å²) < 4.78 is 1.32. The largest absolute Gasteiger partial charge is 0.478 e. The first-order valence-electron chi connectivity index (χ1n) is 6.57. The van der Waals surface area contributed by atoms with Crippen molar-refractivity contribution in [2.75, 3.05) is 0 Å². The fourth-order valence-corrected chi connectivity index (χ4v) is 2.62. The van der Waals surface area contributed by atoms with E-state index in [4.69, 9.17) is 0 Å². The van der Waals surface area contributed by atoms with Crippen LogP contribution in [0.5, 0.6) is 0 Å². The van der Waals surface area contributed by atoms with Gasteiger partial charge in [-0.25, -0.2) is 4.79 Å². The van der Waals surface area contributed by atoms with E-state index in [0.717, 1.165) is 19.3 Å². The first-order valence-corrected chi connectivity index (χ1v) is 6.57. The molecule has 6 nitrogen and oxygen atoms in total. The van der Waals surface area contributed by atoms with Gasteiger partial charge in [0, 0.05) is 6.54 Å². The fourth-order valence-electron chi connectivity index (χ4n) is 2.62. The molecule has 104 valence electrons. The molecule has 1 aliphatic rings. The summed E-state index contributed by atoms with van der Waals surface area (Å²) in [6.45, 7) is 0.406. The van der Waals surface area contributed by atoms with Crippen molar-refractivity contribution in [3.63, 3.8) is 0 Å². The van der Waals surface area contributed by atoms with Gasteiger partial charge in [0.15, 0.2) is 0 Å². The first-order chi connectivity index (χ1) is 9.58. The second-order valence-electron chi connectivity index (χ2n) is 5.17. The maximum absolute atomic E-state index is 12.1. The average molecular weight is 274 g/mol. The molecule has 1 heterocycles. The van der Waals surface area contributed by atoms with Crippen LogP contribution in [-0.4, -0.2) is 20.6 Å². The summed E-state index contributed by atoms with van der Waals surface area (Å²) in [5, 5.41) is 9.27. The average Bonchev–Trinajstić information content (AvgIpc) is 2.36. The molecule has 0 atom stereocenters. The van der Waals surface area contributed by atoms with E-state index in [2.05, 4.69) is 4.98 Å². The van der Waals surface area contributed by atoms with Gasteiger partial charge in [-0.2, -0.15) is 0 Å². The van der Waals surface area contributed by atoms with Crippen LogP contribution in [0.3, 0.4) is 0 Å². The molecule has 1 saturated carbocycles. The second-order valence-corrected chi connectivity index (χ2v) is 5.17. The van der Waals surface area contributed by atoms with Gasteiger partial charge in [0.1, 0.15) is 0 Å². The lowest BCUT2D eigenvalue weighted by atomic mass is 9.85. The Morgan fingerprint density at radius 3 is 2.70 bits per heavy atom. The minimum absolute atomic E-state index is 0.0372. The van der Waals surface area contributed by atoms with E-state index < -0.39 is 17.1 Å². The van der Waals surface area contributed by atoms with E-state index in [9.17, 15) is 19.5 Å². The number of carbonyl (C=O) groups is 1. The molecule has 2 N–H and O–H groups in total. The van der Waals surface area contributed by atoms with Crippen molar-refractivity contribution in [3.05, 3.63) is 44.5 Å². The molecule has 1 aromatic heterocycles. The maximum Gasteiger partial charge on any atom is 0.337 e. The van der Waals surface area contributed by atoms with E-state index in [1.54, 1.807) is 12.1 Å². The van der Waals surface area contributed by atoms with Crippen LogP contribution in [0, 0.1) is 5.92 Å². The summed E-state index contributed by atoms with van der Waals surface area (Å²) in [5.41, 5.74) is -0.669. The van der Waals surface area contributed by atoms with E-state index in [-0.39, 0.29) is 5.56 Å². The van der Waals surface area contributed by atoms with Gasteiger partial charge in [-0.1, -0.05) is 12.5 Å². The smallest absolute Gasteiger partial charge is 0.337 e. The van der Waals surface area contributed by atoms with Crippen molar-refractivity contribution < 1.29 is 9.90 Å². The van der Waals surface area contributed by atoms with Crippen LogP contribution in [0.25, 0.3) is 11.0 Å². The van der Waals surface area contributed by atoms with Crippen molar-refractivity contribution in [2.24, 2.45) is 5.92 Å². The molecule has 0 radical (unpaired) electrons. The molecule has 0 saturated heterocycles. The zero-order chi connectivity index (χ0) is 14.3. The lowest BCUT2D eigenvalue weighted by Gasteiger charge is -2.26. The summed E-state index contributed by atoms with van der Waals surface area (Å²) in [6.07, 6.45) is 3.14. The highest BCUT2D eigenvalue weighted by molar-refractivity contribution is 6.00. The molecule has 1 aliphatic carbocycles. The number of aromatic nitrogens is 2. The number of rotatable bonds is 3. The van der Waals surface area contributed by atoms with Crippen LogP contribution in [0.1, 0.15) is 29.6 Å².